The zero-order valence-corrected chi connectivity index (χ0v) is 10.9. The number of rotatable bonds is 7. The van der Waals surface area contributed by atoms with E-state index in [9.17, 15) is 22.0 Å². The molecule has 1 aliphatic rings. The van der Waals surface area contributed by atoms with Crippen LogP contribution in [-0.4, -0.2) is 30.4 Å². The van der Waals surface area contributed by atoms with Gasteiger partial charge < -0.3 is 15.2 Å². The van der Waals surface area contributed by atoms with Crippen LogP contribution < -0.4 is 10.1 Å². The number of hydrogen-bond donors (Lipinski definition) is 2. The number of nitrogens with one attached hydrogen (secondary N) is 1. The lowest BCUT2D eigenvalue weighted by Crippen LogP contribution is -2.35. The average molecular weight is 311 g/mol. The van der Waals surface area contributed by atoms with E-state index in [-0.39, 0.29) is 25.7 Å². The first kappa shape index (κ1) is 16.0. The van der Waals surface area contributed by atoms with Crippen molar-refractivity contribution in [1.82, 2.24) is 5.32 Å². The molecule has 0 heterocycles. The second kappa shape index (κ2) is 6.57. The molecule has 1 unspecified atom stereocenters. The van der Waals surface area contributed by atoms with Gasteiger partial charge in [-0.3, -0.25) is 0 Å². The maximum Gasteiger partial charge on any atom is 0.206 e. The quantitative estimate of drug-likeness (QED) is 0.461. The lowest BCUT2D eigenvalue weighted by molar-refractivity contribution is 0.198. The number of benzene rings is 1. The lowest BCUT2D eigenvalue weighted by Gasteiger charge is -2.16. The molecular formula is C13H14F5NO2. The normalized spacial score (nSPS) is 16.1. The zero-order valence-electron chi connectivity index (χ0n) is 10.9. The Kier molecular flexibility index (Phi) is 5.00. The molecule has 0 amide bonds. The Balaban J connectivity index is 1.99. The van der Waals surface area contributed by atoms with Crippen LogP contribution in [0.3, 0.4) is 0 Å². The molecule has 0 aliphatic heterocycles. The molecule has 3 nitrogen and oxygen atoms in total. The summed E-state index contributed by atoms with van der Waals surface area (Å²) >= 11 is 0. The van der Waals surface area contributed by atoms with Crippen molar-refractivity contribution in [3.63, 3.8) is 0 Å². The highest BCUT2D eigenvalue weighted by atomic mass is 19.2. The summed E-state index contributed by atoms with van der Waals surface area (Å²) in [5, 5.41) is 12.2. The monoisotopic (exact) mass is 311 g/mol. The fourth-order valence-corrected chi connectivity index (χ4v) is 1.83. The standard InChI is InChI=1S/C13H14F5NO2/c14-8-9(15)11(17)13(12(18)10(8)16)21-4-3-7(5-20)19-6-1-2-6/h6-7,19-20H,1-5H2. The van der Waals surface area contributed by atoms with Gasteiger partial charge in [0.05, 0.1) is 13.2 Å². The van der Waals surface area contributed by atoms with Crippen molar-refractivity contribution >= 4 is 0 Å². The highest BCUT2D eigenvalue weighted by Crippen LogP contribution is 2.29. The van der Waals surface area contributed by atoms with Gasteiger partial charge in [0.2, 0.25) is 29.1 Å². The highest BCUT2D eigenvalue weighted by Gasteiger charge is 2.28. The predicted molar refractivity (Wildman–Crippen MR) is 63.4 cm³/mol. The van der Waals surface area contributed by atoms with Crippen LogP contribution in [0.15, 0.2) is 0 Å². The fourth-order valence-electron chi connectivity index (χ4n) is 1.83. The minimum atomic E-state index is -2.22. The van der Waals surface area contributed by atoms with Crippen LogP contribution in [0.4, 0.5) is 22.0 Å². The van der Waals surface area contributed by atoms with Gasteiger partial charge in [-0.1, -0.05) is 0 Å². The lowest BCUT2D eigenvalue weighted by atomic mass is 10.2. The molecule has 1 aromatic carbocycles. The summed E-state index contributed by atoms with van der Waals surface area (Å²) in [4.78, 5) is 0. The van der Waals surface area contributed by atoms with Crippen LogP contribution >= 0.6 is 0 Å². The number of halogens is 5. The van der Waals surface area contributed by atoms with Crippen molar-refractivity contribution in [2.75, 3.05) is 13.2 Å². The molecule has 1 aromatic rings. The van der Waals surface area contributed by atoms with E-state index in [0.717, 1.165) is 12.8 Å². The van der Waals surface area contributed by atoms with E-state index in [2.05, 4.69) is 10.1 Å². The summed E-state index contributed by atoms with van der Waals surface area (Å²) in [6, 6.07) is -0.0462. The van der Waals surface area contributed by atoms with Crippen molar-refractivity contribution < 1.29 is 31.8 Å². The molecule has 2 N–H and O–H groups in total. The van der Waals surface area contributed by atoms with Crippen LogP contribution in [0.25, 0.3) is 0 Å². The van der Waals surface area contributed by atoms with Crippen LogP contribution in [-0.2, 0) is 0 Å². The van der Waals surface area contributed by atoms with Gasteiger partial charge in [-0.2, -0.15) is 8.78 Å². The molecule has 0 aromatic heterocycles. The van der Waals surface area contributed by atoms with Gasteiger partial charge in [-0.15, -0.1) is 0 Å². The second-order valence-corrected chi connectivity index (χ2v) is 4.86. The number of aliphatic hydroxyl groups excluding tert-OH is 1. The highest BCUT2D eigenvalue weighted by molar-refractivity contribution is 5.29. The third-order valence-electron chi connectivity index (χ3n) is 3.15. The first-order chi connectivity index (χ1) is 9.95. The summed E-state index contributed by atoms with van der Waals surface area (Å²) in [5.41, 5.74) is 0. The van der Waals surface area contributed by atoms with Crippen molar-refractivity contribution in [2.24, 2.45) is 0 Å². The Morgan fingerprint density at radius 1 is 1.00 bits per heavy atom. The molecule has 8 heteroatoms. The summed E-state index contributed by atoms with van der Waals surface area (Å²) < 4.78 is 70.0. The number of ether oxygens (including phenoxy) is 1. The van der Waals surface area contributed by atoms with E-state index < -0.39 is 34.8 Å². The molecule has 0 bridgehead atoms. The molecule has 0 spiro atoms. The van der Waals surface area contributed by atoms with Crippen LogP contribution in [0.5, 0.6) is 5.75 Å². The topological polar surface area (TPSA) is 41.5 Å². The average Bonchev–Trinajstić information content (AvgIpc) is 3.29. The van der Waals surface area contributed by atoms with E-state index in [1.54, 1.807) is 0 Å². The van der Waals surface area contributed by atoms with E-state index >= 15 is 0 Å². The zero-order chi connectivity index (χ0) is 15.6. The van der Waals surface area contributed by atoms with Crippen LogP contribution in [0.1, 0.15) is 19.3 Å². The smallest absolute Gasteiger partial charge is 0.206 e. The third-order valence-corrected chi connectivity index (χ3v) is 3.15. The minimum absolute atomic E-state index is 0.173. The maximum atomic E-state index is 13.3. The Bertz CT molecular complexity index is 493. The molecule has 118 valence electrons. The Morgan fingerprint density at radius 2 is 1.52 bits per heavy atom. The minimum Gasteiger partial charge on any atom is -0.487 e. The summed E-state index contributed by atoms with van der Waals surface area (Å²) in [5.74, 6) is -11.6. The number of hydrogen-bond acceptors (Lipinski definition) is 3. The van der Waals surface area contributed by atoms with Gasteiger partial charge in [0.15, 0.2) is 5.75 Å². The number of aliphatic hydroxyl groups is 1. The summed E-state index contributed by atoms with van der Waals surface area (Å²) in [6.45, 7) is -0.500. The van der Waals surface area contributed by atoms with Crippen molar-refractivity contribution in [1.29, 1.82) is 0 Å². The Labute approximate surface area is 117 Å². The van der Waals surface area contributed by atoms with E-state index in [1.165, 1.54) is 0 Å². The van der Waals surface area contributed by atoms with Gasteiger partial charge >= 0.3 is 0 Å². The first-order valence-corrected chi connectivity index (χ1v) is 6.46. The first-order valence-electron chi connectivity index (χ1n) is 6.46. The van der Waals surface area contributed by atoms with Gasteiger partial charge in [0.1, 0.15) is 0 Å². The van der Waals surface area contributed by atoms with E-state index in [0.29, 0.717) is 6.04 Å². The van der Waals surface area contributed by atoms with Crippen molar-refractivity contribution in [2.45, 2.75) is 31.3 Å². The maximum absolute atomic E-state index is 13.3. The van der Waals surface area contributed by atoms with Gasteiger partial charge in [-0.25, -0.2) is 13.2 Å². The van der Waals surface area contributed by atoms with E-state index in [4.69, 9.17) is 5.11 Å². The second-order valence-electron chi connectivity index (χ2n) is 4.86. The molecule has 0 radical (unpaired) electrons. The van der Waals surface area contributed by atoms with Crippen LogP contribution in [0.2, 0.25) is 0 Å². The van der Waals surface area contributed by atoms with Crippen LogP contribution in [0, 0.1) is 29.1 Å². The SMILES string of the molecule is OCC(CCOc1c(F)c(F)c(F)c(F)c1F)NC1CC1. The largest absolute Gasteiger partial charge is 0.487 e. The van der Waals surface area contributed by atoms with Gasteiger partial charge in [-0.05, 0) is 19.3 Å². The van der Waals surface area contributed by atoms with Crippen molar-refractivity contribution in [3.05, 3.63) is 29.1 Å². The van der Waals surface area contributed by atoms with Gasteiger partial charge in [0.25, 0.3) is 0 Å². The summed E-state index contributed by atoms with van der Waals surface area (Å²) in [7, 11) is 0. The summed E-state index contributed by atoms with van der Waals surface area (Å²) in [6.07, 6.45) is 2.14. The predicted octanol–water partition coefficient (Wildman–Crippen LogP) is 2.26. The molecule has 0 saturated heterocycles. The van der Waals surface area contributed by atoms with E-state index in [1.807, 2.05) is 0 Å². The van der Waals surface area contributed by atoms with Crippen molar-refractivity contribution in [3.8, 4) is 5.75 Å². The molecule has 21 heavy (non-hydrogen) atoms. The molecule has 2 rings (SSSR count). The molecule has 1 saturated carbocycles. The molecule has 1 atom stereocenters. The fraction of sp³-hybridized carbons (Fsp3) is 0.538. The molecule has 1 fully saturated rings. The Hall–Kier alpha value is -1.41. The van der Waals surface area contributed by atoms with Gasteiger partial charge in [0, 0.05) is 12.1 Å². The third kappa shape index (κ3) is 3.62. The Morgan fingerprint density at radius 3 is 2.00 bits per heavy atom. The molecule has 1 aliphatic carbocycles. The molecular weight excluding hydrogens is 297 g/mol.